The molecule has 0 nitrogen and oxygen atoms in total. The van der Waals surface area contributed by atoms with Crippen molar-refractivity contribution in [1.82, 2.24) is 0 Å². The van der Waals surface area contributed by atoms with Gasteiger partial charge in [0.2, 0.25) is 0 Å². The summed E-state index contributed by atoms with van der Waals surface area (Å²) >= 11 is 0. The van der Waals surface area contributed by atoms with Crippen molar-refractivity contribution in [3.8, 4) is 0 Å². The van der Waals surface area contributed by atoms with Crippen LogP contribution in [0.2, 0.25) is 0 Å². The fourth-order valence-electron chi connectivity index (χ4n) is 3.30. The summed E-state index contributed by atoms with van der Waals surface area (Å²) in [5, 5.41) is 6.57. The van der Waals surface area contributed by atoms with Crippen molar-refractivity contribution in [3.63, 3.8) is 0 Å². The molecule has 0 saturated carbocycles. The molecule has 0 aromatic heterocycles. The molecule has 0 radical (unpaired) electrons. The predicted octanol–water partition coefficient (Wildman–Crippen LogP) is 8.66. The number of hydrogen-bond donors (Lipinski definition) is 0. The van der Waals surface area contributed by atoms with Crippen molar-refractivity contribution in [3.05, 3.63) is 65.4 Å². The molecule has 0 saturated heterocycles. The molecule has 3 aromatic rings. The van der Waals surface area contributed by atoms with E-state index in [0.29, 0.717) is 0 Å². The third-order valence-electron chi connectivity index (χ3n) is 4.07. The van der Waals surface area contributed by atoms with Crippen LogP contribution >= 0.6 is 0 Å². The van der Waals surface area contributed by atoms with Gasteiger partial charge in [0.25, 0.3) is 0 Å². The van der Waals surface area contributed by atoms with Crippen molar-refractivity contribution in [1.29, 1.82) is 0 Å². The van der Waals surface area contributed by atoms with Crippen LogP contribution < -0.4 is 5.22 Å². The van der Waals surface area contributed by atoms with Crippen LogP contribution in [0.25, 0.3) is 39.3 Å². The van der Waals surface area contributed by atoms with Gasteiger partial charge in [-0.3, -0.25) is 0 Å². The highest BCUT2D eigenvalue weighted by molar-refractivity contribution is 6.14. The lowest BCUT2D eigenvalue weighted by atomic mass is 9.88. The molecule has 0 heterocycles. The van der Waals surface area contributed by atoms with E-state index in [2.05, 4.69) is 82.0 Å². The Bertz CT molecular complexity index is 918. The van der Waals surface area contributed by atoms with Crippen molar-refractivity contribution in [2.24, 2.45) is 0 Å². The summed E-state index contributed by atoms with van der Waals surface area (Å²) in [6, 6.07) is 13.1. The molecule has 0 N–H and O–H groups in total. The Morgan fingerprint density at radius 1 is 0.815 bits per heavy atom. The van der Waals surface area contributed by atoms with Crippen molar-refractivity contribution in [2.45, 2.75) is 62.3 Å². The molecule has 0 bridgehead atoms. The maximum absolute atomic E-state index is 4.21. The van der Waals surface area contributed by atoms with Crippen LogP contribution in [0.3, 0.4) is 0 Å². The fourth-order valence-corrected chi connectivity index (χ4v) is 3.30. The molecule has 3 rings (SSSR count). The van der Waals surface area contributed by atoms with Crippen LogP contribution in [0.1, 0.15) is 73.4 Å². The molecule has 0 spiro atoms. The van der Waals surface area contributed by atoms with E-state index in [1.165, 1.54) is 37.9 Å². The van der Waals surface area contributed by atoms with Gasteiger partial charge < -0.3 is 0 Å². The van der Waals surface area contributed by atoms with Crippen LogP contribution in [-0.4, -0.2) is 0 Å². The zero-order valence-electron chi connectivity index (χ0n) is 18.9. The van der Waals surface area contributed by atoms with Crippen molar-refractivity contribution < 1.29 is 0 Å². The molecule has 0 aliphatic rings. The summed E-state index contributed by atoms with van der Waals surface area (Å²) < 4.78 is 0. The van der Waals surface area contributed by atoms with E-state index in [0.717, 1.165) is 5.57 Å². The SMILES string of the molecule is C=C(C)c1c(/C=C\C)c2cccc3cccc(/c1=C/C)c32.CC.CC.CC. The first-order valence-electron chi connectivity index (χ1n) is 10.4. The molecule has 0 amide bonds. The summed E-state index contributed by atoms with van der Waals surface area (Å²) in [6.07, 6.45) is 6.52. The fraction of sp³-hybridized carbons (Fsp3) is 0.333. The topological polar surface area (TPSA) is 0 Å². The van der Waals surface area contributed by atoms with Crippen molar-refractivity contribution in [2.75, 3.05) is 0 Å². The Hall–Kier alpha value is -2.34. The van der Waals surface area contributed by atoms with E-state index in [-0.39, 0.29) is 0 Å². The average molecular weight is 363 g/mol. The van der Waals surface area contributed by atoms with Crippen molar-refractivity contribution >= 4 is 39.3 Å². The lowest BCUT2D eigenvalue weighted by molar-refractivity contribution is 1.50. The summed E-state index contributed by atoms with van der Waals surface area (Å²) in [6.45, 7) is 22.5. The average Bonchev–Trinajstić information content (AvgIpc) is 2.74. The van der Waals surface area contributed by atoms with Gasteiger partial charge in [0.05, 0.1) is 0 Å². The van der Waals surface area contributed by atoms with Gasteiger partial charge in [-0.2, -0.15) is 0 Å². The van der Waals surface area contributed by atoms with Gasteiger partial charge in [-0.1, -0.05) is 103 Å². The second-order valence-electron chi connectivity index (χ2n) is 5.48. The first kappa shape index (κ1) is 24.7. The summed E-state index contributed by atoms with van der Waals surface area (Å²) in [7, 11) is 0. The van der Waals surface area contributed by atoms with Gasteiger partial charge in [-0.15, -0.1) is 0 Å². The Kier molecular flexibility index (Phi) is 11.8. The molecular formula is C27H38. The molecule has 27 heavy (non-hydrogen) atoms. The Balaban J connectivity index is 0.00000103. The largest absolute Gasteiger partial charge is 0.0955 e. The second kappa shape index (κ2) is 12.9. The molecule has 0 fully saturated rings. The van der Waals surface area contributed by atoms with E-state index in [1.54, 1.807) is 0 Å². The van der Waals surface area contributed by atoms with Gasteiger partial charge >= 0.3 is 0 Å². The highest BCUT2D eigenvalue weighted by atomic mass is 14.2. The molecular weight excluding hydrogens is 324 g/mol. The molecule has 0 atom stereocenters. The zero-order chi connectivity index (χ0) is 21.0. The van der Waals surface area contributed by atoms with Crippen LogP contribution in [0.15, 0.2) is 49.1 Å². The van der Waals surface area contributed by atoms with E-state index < -0.39 is 0 Å². The van der Waals surface area contributed by atoms with Gasteiger partial charge in [-0.05, 0) is 64.2 Å². The summed E-state index contributed by atoms with van der Waals surface area (Å²) in [5.74, 6) is 0. The quantitative estimate of drug-likeness (QED) is 0.428. The van der Waals surface area contributed by atoms with E-state index in [9.17, 15) is 0 Å². The molecule has 0 aliphatic carbocycles. The Morgan fingerprint density at radius 3 is 1.78 bits per heavy atom. The lowest BCUT2D eigenvalue weighted by Gasteiger charge is -2.15. The van der Waals surface area contributed by atoms with Crippen LogP contribution in [0.5, 0.6) is 0 Å². The highest BCUT2D eigenvalue weighted by Crippen LogP contribution is 2.32. The molecule has 0 unspecified atom stereocenters. The highest BCUT2D eigenvalue weighted by Gasteiger charge is 2.12. The zero-order valence-corrected chi connectivity index (χ0v) is 18.9. The van der Waals surface area contributed by atoms with Gasteiger partial charge in [0.15, 0.2) is 0 Å². The van der Waals surface area contributed by atoms with Crippen LogP contribution in [0, 0.1) is 0 Å². The van der Waals surface area contributed by atoms with E-state index >= 15 is 0 Å². The molecule has 146 valence electrons. The first-order chi connectivity index (χ1) is 13.2. The normalized spacial score (nSPS) is 10.6. The number of rotatable bonds is 2. The van der Waals surface area contributed by atoms with E-state index in [1.807, 2.05) is 41.5 Å². The Morgan fingerprint density at radius 2 is 1.33 bits per heavy atom. The van der Waals surface area contributed by atoms with E-state index in [4.69, 9.17) is 0 Å². The summed E-state index contributed by atoms with van der Waals surface area (Å²) in [5.41, 5.74) is 3.66. The Labute approximate surface area is 167 Å². The minimum atomic E-state index is 1.11. The monoisotopic (exact) mass is 362 g/mol. The third-order valence-corrected chi connectivity index (χ3v) is 4.07. The number of hydrogen-bond acceptors (Lipinski definition) is 0. The molecule has 3 aromatic carbocycles. The smallest absolute Gasteiger partial charge is 0.00265 e. The standard InChI is InChI=1S/C21H20.3C2H6/c1-5-9-17-19-13-8-11-15-10-7-12-18(21(15)19)16(6-2)20(17)14(3)4;3*1-2/h5-13H,3H2,1-2,4H3;3*1-2H3/b9-5-,16-6-;;;. The van der Waals surface area contributed by atoms with Crippen LogP contribution in [-0.2, 0) is 0 Å². The minimum Gasteiger partial charge on any atom is -0.0955 e. The maximum atomic E-state index is 4.21. The summed E-state index contributed by atoms with van der Waals surface area (Å²) in [4.78, 5) is 0. The minimum absolute atomic E-state index is 1.11. The molecule has 0 aliphatic heterocycles. The predicted molar refractivity (Wildman–Crippen MR) is 130 cm³/mol. The first-order valence-corrected chi connectivity index (χ1v) is 10.4. The molecule has 0 heteroatoms. The lowest BCUT2D eigenvalue weighted by Crippen LogP contribution is -2.12. The maximum Gasteiger partial charge on any atom is -0.00265 e. The second-order valence-corrected chi connectivity index (χ2v) is 5.48. The van der Waals surface area contributed by atoms with Gasteiger partial charge in [-0.25, -0.2) is 0 Å². The number of benzene rings is 3. The van der Waals surface area contributed by atoms with Gasteiger partial charge in [0.1, 0.15) is 0 Å². The van der Waals surface area contributed by atoms with Crippen LogP contribution in [0.4, 0.5) is 0 Å². The number of allylic oxidation sites excluding steroid dienone is 2. The third kappa shape index (κ3) is 5.10. The van der Waals surface area contributed by atoms with Gasteiger partial charge in [0, 0.05) is 0 Å².